The second-order valence-electron chi connectivity index (χ2n) is 7.25. The molecule has 3 rings (SSSR count). The fourth-order valence-electron chi connectivity index (χ4n) is 3.46. The van der Waals surface area contributed by atoms with Crippen molar-refractivity contribution < 1.29 is 26.4 Å². The molecule has 2 aromatic rings. The predicted octanol–water partition coefficient (Wildman–Crippen LogP) is 3.74. The molecular formula is C19H22ClF3N4O3S. The number of alkyl halides is 3. The number of anilines is 1. The van der Waals surface area contributed by atoms with Crippen molar-refractivity contribution >= 4 is 27.4 Å². The van der Waals surface area contributed by atoms with E-state index >= 15 is 0 Å². The smallest absolute Gasteiger partial charge is 0.294 e. The van der Waals surface area contributed by atoms with E-state index in [1.807, 2.05) is 30.3 Å². The second-order valence-corrected chi connectivity index (χ2v) is 9.55. The van der Waals surface area contributed by atoms with Crippen molar-refractivity contribution in [3.63, 3.8) is 0 Å². The summed E-state index contributed by atoms with van der Waals surface area (Å²) < 4.78 is 64.6. The number of hydrazine groups is 1. The normalized spacial score (nSPS) is 20.4. The minimum atomic E-state index is -4.61. The van der Waals surface area contributed by atoms with Crippen LogP contribution in [0.4, 0.5) is 19.0 Å². The molecule has 170 valence electrons. The van der Waals surface area contributed by atoms with Gasteiger partial charge in [-0.15, -0.1) is 4.41 Å². The maximum Gasteiger partial charge on any atom is 0.417 e. The van der Waals surface area contributed by atoms with E-state index in [4.69, 9.17) is 16.4 Å². The van der Waals surface area contributed by atoms with Crippen molar-refractivity contribution in [1.82, 2.24) is 14.5 Å². The lowest BCUT2D eigenvalue weighted by atomic mass is 10.0. The van der Waals surface area contributed by atoms with Crippen molar-refractivity contribution in [3.05, 3.63) is 58.7 Å². The fraction of sp³-hybridized carbons (Fsp3) is 0.421. The molecule has 0 N–H and O–H groups in total. The Morgan fingerprint density at radius 2 is 1.94 bits per heavy atom. The van der Waals surface area contributed by atoms with Gasteiger partial charge in [0.2, 0.25) is 10.0 Å². The van der Waals surface area contributed by atoms with Gasteiger partial charge in [0.05, 0.1) is 35.5 Å². The van der Waals surface area contributed by atoms with Crippen LogP contribution in [0, 0.1) is 0 Å². The topological polar surface area (TPSA) is 66.0 Å². The highest BCUT2D eigenvalue weighted by molar-refractivity contribution is 7.88. The van der Waals surface area contributed by atoms with Gasteiger partial charge >= 0.3 is 6.18 Å². The molecule has 2 atom stereocenters. The third-order valence-corrected chi connectivity index (χ3v) is 6.40. The van der Waals surface area contributed by atoms with Gasteiger partial charge in [0.25, 0.3) is 0 Å². The molecule has 0 saturated carbocycles. The van der Waals surface area contributed by atoms with E-state index < -0.39 is 27.9 Å². The van der Waals surface area contributed by atoms with Crippen LogP contribution in [0.2, 0.25) is 5.02 Å². The molecule has 7 nitrogen and oxygen atoms in total. The molecule has 0 unspecified atom stereocenters. The highest BCUT2D eigenvalue weighted by Gasteiger charge is 2.37. The first kappa shape index (κ1) is 23.7. The number of aromatic nitrogens is 1. The minimum Gasteiger partial charge on any atom is -0.294 e. The van der Waals surface area contributed by atoms with Crippen LogP contribution in [-0.4, -0.2) is 55.9 Å². The molecule has 2 heterocycles. The molecule has 1 saturated heterocycles. The van der Waals surface area contributed by atoms with Gasteiger partial charge in [-0.3, -0.25) is 9.85 Å². The fourth-order valence-corrected chi connectivity index (χ4v) is 4.71. The van der Waals surface area contributed by atoms with Crippen LogP contribution in [0.1, 0.15) is 23.6 Å². The SMILES string of the molecule is CN1O[C@H](CN(N(C)c2ncc(C(F)(F)F)cc2Cl)S(C)(=O)=O)C[C@H]1c1ccccc1. The highest BCUT2D eigenvalue weighted by atomic mass is 35.5. The molecule has 1 aliphatic rings. The zero-order chi connectivity index (χ0) is 23.0. The Morgan fingerprint density at radius 1 is 1.29 bits per heavy atom. The number of hydrogen-bond donors (Lipinski definition) is 0. The van der Waals surface area contributed by atoms with Gasteiger partial charge in [-0.1, -0.05) is 41.9 Å². The summed E-state index contributed by atoms with van der Waals surface area (Å²) in [6, 6.07) is 10.3. The average Bonchev–Trinajstić information content (AvgIpc) is 3.05. The third-order valence-electron chi connectivity index (χ3n) is 4.96. The number of hydroxylamine groups is 2. The maximum absolute atomic E-state index is 12.9. The van der Waals surface area contributed by atoms with E-state index in [9.17, 15) is 21.6 Å². The molecule has 12 heteroatoms. The van der Waals surface area contributed by atoms with Crippen molar-refractivity contribution in [2.75, 3.05) is 31.9 Å². The lowest BCUT2D eigenvalue weighted by Gasteiger charge is -2.32. The van der Waals surface area contributed by atoms with Crippen molar-refractivity contribution in [1.29, 1.82) is 0 Å². The van der Waals surface area contributed by atoms with Crippen LogP contribution in [-0.2, 0) is 21.0 Å². The van der Waals surface area contributed by atoms with E-state index in [1.54, 1.807) is 12.1 Å². The monoisotopic (exact) mass is 478 g/mol. The predicted molar refractivity (Wildman–Crippen MR) is 111 cm³/mol. The van der Waals surface area contributed by atoms with Crippen LogP contribution in [0.5, 0.6) is 0 Å². The van der Waals surface area contributed by atoms with Crippen LogP contribution >= 0.6 is 11.6 Å². The molecule has 1 fully saturated rings. The molecule has 31 heavy (non-hydrogen) atoms. The first-order chi connectivity index (χ1) is 14.4. The molecule has 0 aliphatic carbocycles. The summed E-state index contributed by atoms with van der Waals surface area (Å²) >= 11 is 6.00. The first-order valence-corrected chi connectivity index (χ1v) is 11.5. The Kier molecular flexibility index (Phi) is 6.82. The number of rotatable bonds is 6. The molecule has 0 bridgehead atoms. The van der Waals surface area contributed by atoms with Crippen molar-refractivity contribution in [2.45, 2.75) is 24.7 Å². The number of pyridine rings is 1. The molecule has 1 aromatic heterocycles. The Bertz CT molecular complexity index is 1020. The van der Waals surface area contributed by atoms with Crippen LogP contribution in [0.15, 0.2) is 42.6 Å². The summed E-state index contributed by atoms with van der Waals surface area (Å²) in [5, 5.41) is 2.47. The Balaban J connectivity index is 1.82. The minimum absolute atomic E-state index is 0.0642. The van der Waals surface area contributed by atoms with Crippen LogP contribution in [0.3, 0.4) is 0 Å². The summed E-state index contributed by atoms with van der Waals surface area (Å²) in [7, 11) is -0.680. The maximum atomic E-state index is 12.9. The van der Waals surface area contributed by atoms with E-state index in [2.05, 4.69) is 4.98 Å². The van der Waals surface area contributed by atoms with E-state index in [0.717, 1.165) is 21.2 Å². The van der Waals surface area contributed by atoms with E-state index in [0.29, 0.717) is 18.7 Å². The zero-order valence-corrected chi connectivity index (χ0v) is 18.6. The lowest BCUT2D eigenvalue weighted by Crippen LogP contribution is -2.48. The molecule has 0 amide bonds. The number of sulfonamides is 1. The van der Waals surface area contributed by atoms with E-state index in [1.165, 1.54) is 7.05 Å². The van der Waals surface area contributed by atoms with Gasteiger partial charge in [-0.05, 0) is 18.1 Å². The van der Waals surface area contributed by atoms with Crippen molar-refractivity contribution in [2.24, 2.45) is 0 Å². The van der Waals surface area contributed by atoms with Crippen LogP contribution < -0.4 is 5.01 Å². The quantitative estimate of drug-likeness (QED) is 0.589. The molecule has 0 radical (unpaired) electrons. The summed E-state index contributed by atoms with van der Waals surface area (Å²) in [4.78, 5) is 9.58. The van der Waals surface area contributed by atoms with Crippen molar-refractivity contribution in [3.8, 4) is 0 Å². The van der Waals surface area contributed by atoms with Gasteiger partial charge in [0.1, 0.15) is 0 Å². The number of hydrogen-bond acceptors (Lipinski definition) is 6. The summed E-state index contributed by atoms with van der Waals surface area (Å²) in [6.07, 6.45) is -2.97. The van der Waals surface area contributed by atoms with Gasteiger partial charge in [0.15, 0.2) is 5.82 Å². The number of nitrogens with zero attached hydrogens (tertiary/aromatic N) is 4. The first-order valence-electron chi connectivity index (χ1n) is 9.26. The van der Waals surface area contributed by atoms with E-state index in [-0.39, 0.29) is 23.4 Å². The Labute approximate surface area is 183 Å². The molecule has 1 aromatic carbocycles. The largest absolute Gasteiger partial charge is 0.417 e. The van der Waals surface area contributed by atoms with Crippen LogP contribution in [0.25, 0.3) is 0 Å². The summed E-state index contributed by atoms with van der Waals surface area (Å²) in [5.41, 5.74) is 0.00576. The standard InChI is InChI=1S/C19H22ClF3N4O3S/c1-25(18-16(20)9-14(11-24-18)19(21,22)23)27(31(3,28)29)12-15-10-17(26(2)30-15)13-7-5-4-6-8-13/h4-9,11,15,17H,10,12H2,1-3H3/t15-,17-/m0/s1. The summed E-state index contributed by atoms with van der Waals surface area (Å²) in [6.45, 7) is -0.0674. The van der Waals surface area contributed by atoms with Gasteiger partial charge in [0, 0.05) is 20.3 Å². The third kappa shape index (κ3) is 5.47. The Hall–Kier alpha value is -1.92. The molecular weight excluding hydrogens is 457 g/mol. The van der Waals surface area contributed by atoms with Gasteiger partial charge < -0.3 is 0 Å². The van der Waals surface area contributed by atoms with Gasteiger partial charge in [-0.25, -0.2) is 13.4 Å². The number of benzene rings is 1. The summed E-state index contributed by atoms with van der Waals surface area (Å²) in [5.74, 6) is -0.119. The molecule has 0 spiro atoms. The highest BCUT2D eigenvalue weighted by Crippen LogP contribution is 2.36. The second kappa shape index (κ2) is 8.91. The lowest BCUT2D eigenvalue weighted by molar-refractivity contribution is -0.146. The number of halogens is 4. The van der Waals surface area contributed by atoms with Gasteiger partial charge in [-0.2, -0.15) is 18.2 Å². The Morgan fingerprint density at radius 3 is 2.48 bits per heavy atom. The average molecular weight is 479 g/mol. The zero-order valence-electron chi connectivity index (χ0n) is 17.0. The molecule has 1 aliphatic heterocycles.